The standard InChI is InChI=1S/C12H20NO.C11H17N3O.C2H6.W/c14-12(10-4-2-1-3-5-10)11-6-8-13-9-7-11;12-11-7-9(1-4-13-11)8-14-5-2-10(15)3-6-14;1-2;/h10-11H,1-9H2;1,4,7,10,15H,2-3,5-6,8H2,(H2,12,13);1-2H3;/q-1;;;. The van der Waals surface area contributed by atoms with E-state index in [-0.39, 0.29) is 27.2 Å². The molecule has 6 nitrogen and oxygen atoms in total. The molecule has 1 aliphatic carbocycles. The number of aliphatic hydroxyl groups excluding tert-OH is 1. The van der Waals surface area contributed by atoms with Crippen molar-refractivity contribution in [2.45, 2.75) is 84.3 Å². The Kier molecular flexibility index (Phi) is 15.3. The number of nitrogen functional groups attached to an aromatic ring is 1. The van der Waals surface area contributed by atoms with Gasteiger partial charge in [-0.15, -0.1) is 13.1 Å². The number of nitrogens with zero attached hydrogens (tertiary/aromatic N) is 3. The van der Waals surface area contributed by atoms with E-state index < -0.39 is 0 Å². The Morgan fingerprint density at radius 1 is 1.06 bits per heavy atom. The molecule has 0 aromatic carbocycles. The molecule has 4 rings (SSSR count). The first-order valence-electron chi connectivity index (χ1n) is 12.4. The number of ketones is 1. The topological polar surface area (TPSA) is 93.5 Å². The predicted molar refractivity (Wildman–Crippen MR) is 128 cm³/mol. The summed E-state index contributed by atoms with van der Waals surface area (Å²) in [6.07, 6.45) is 11.6. The maximum absolute atomic E-state index is 12.1. The first-order chi connectivity index (χ1) is 15.1. The average Bonchev–Trinajstić information content (AvgIpc) is 2.83. The van der Waals surface area contributed by atoms with Crippen LogP contribution in [0.4, 0.5) is 5.82 Å². The molecule has 0 radical (unpaired) electrons. The Morgan fingerprint density at radius 3 is 2.25 bits per heavy atom. The predicted octanol–water partition coefficient (Wildman–Crippen LogP) is 4.56. The zero-order chi connectivity index (χ0) is 22.5. The maximum atomic E-state index is 12.1. The number of nitrogens with two attached hydrogens (primary N) is 1. The first kappa shape index (κ1) is 29.2. The van der Waals surface area contributed by atoms with Crippen molar-refractivity contribution >= 4 is 11.6 Å². The monoisotopic (exact) mass is 615 g/mol. The molecule has 0 spiro atoms. The minimum absolute atomic E-state index is 0. The van der Waals surface area contributed by atoms with Crippen LogP contribution in [0.2, 0.25) is 0 Å². The quantitative estimate of drug-likeness (QED) is 0.518. The number of carbonyl (C=O) groups is 1. The van der Waals surface area contributed by atoms with Gasteiger partial charge in [0.15, 0.2) is 0 Å². The van der Waals surface area contributed by atoms with Gasteiger partial charge >= 0.3 is 0 Å². The zero-order valence-corrected chi connectivity index (χ0v) is 23.0. The van der Waals surface area contributed by atoms with Crippen LogP contribution in [0.3, 0.4) is 0 Å². The SMILES string of the molecule is CC.Nc1cc(CN2CCC(O)CC2)ccn1.O=C(C1CCCCC1)C1CC[N-]CC1.[W]. The van der Waals surface area contributed by atoms with E-state index in [1.165, 1.54) is 24.8 Å². The van der Waals surface area contributed by atoms with Gasteiger partial charge in [-0.25, -0.2) is 4.98 Å². The van der Waals surface area contributed by atoms with Gasteiger partial charge in [-0.3, -0.25) is 9.69 Å². The van der Waals surface area contributed by atoms with Gasteiger partial charge in [0.2, 0.25) is 0 Å². The van der Waals surface area contributed by atoms with Crippen molar-refractivity contribution in [2.75, 3.05) is 31.9 Å². The Balaban J connectivity index is 0.000000289. The van der Waals surface area contributed by atoms with E-state index in [4.69, 9.17) is 5.73 Å². The molecule has 1 saturated carbocycles. The average molecular weight is 615 g/mol. The number of likely N-dealkylation sites (tertiary alicyclic amines) is 1. The number of hydrogen-bond acceptors (Lipinski definition) is 5. The van der Waals surface area contributed by atoms with Crippen LogP contribution in [0, 0.1) is 11.8 Å². The van der Waals surface area contributed by atoms with Crippen molar-refractivity contribution in [1.29, 1.82) is 0 Å². The number of carbonyl (C=O) groups excluding carboxylic acids is 1. The molecule has 3 N–H and O–H groups in total. The summed E-state index contributed by atoms with van der Waals surface area (Å²) in [5.74, 6) is 1.91. The Bertz CT molecular complexity index is 606. The Labute approximate surface area is 209 Å². The summed E-state index contributed by atoms with van der Waals surface area (Å²) in [5, 5.41) is 13.7. The summed E-state index contributed by atoms with van der Waals surface area (Å²) in [5.41, 5.74) is 6.81. The largest absolute Gasteiger partial charge is 0.662 e. The fourth-order valence-electron chi connectivity index (χ4n) is 4.68. The molecule has 2 saturated heterocycles. The van der Waals surface area contributed by atoms with E-state index in [2.05, 4.69) is 15.2 Å². The third-order valence-corrected chi connectivity index (χ3v) is 6.49. The molecule has 3 fully saturated rings. The molecular weight excluding hydrogens is 572 g/mol. The second-order valence-corrected chi connectivity index (χ2v) is 8.78. The summed E-state index contributed by atoms with van der Waals surface area (Å²) >= 11 is 0. The molecule has 32 heavy (non-hydrogen) atoms. The van der Waals surface area contributed by atoms with Gasteiger partial charge in [-0.1, -0.05) is 46.0 Å². The minimum atomic E-state index is -0.108. The number of pyridine rings is 1. The Morgan fingerprint density at radius 2 is 1.66 bits per heavy atom. The number of aromatic nitrogens is 1. The fourth-order valence-corrected chi connectivity index (χ4v) is 4.68. The summed E-state index contributed by atoms with van der Waals surface area (Å²) < 4.78 is 0. The van der Waals surface area contributed by atoms with Gasteiger partial charge in [0, 0.05) is 58.7 Å². The van der Waals surface area contributed by atoms with Crippen molar-refractivity contribution in [3.8, 4) is 0 Å². The molecule has 3 aliphatic rings. The number of aliphatic hydroxyl groups is 1. The van der Waals surface area contributed by atoms with Gasteiger partial charge in [0.05, 0.1) is 6.10 Å². The molecular formula is C25H43N4O2W-. The number of rotatable bonds is 4. The van der Waals surface area contributed by atoms with Crippen LogP contribution in [0.1, 0.15) is 77.2 Å². The minimum Gasteiger partial charge on any atom is -0.662 e. The van der Waals surface area contributed by atoms with Crippen molar-refractivity contribution in [1.82, 2.24) is 9.88 Å². The summed E-state index contributed by atoms with van der Waals surface area (Å²) in [6.45, 7) is 8.67. The molecule has 1 aromatic heterocycles. The second-order valence-electron chi connectivity index (χ2n) is 8.78. The van der Waals surface area contributed by atoms with E-state index >= 15 is 0 Å². The number of piperidine rings is 2. The van der Waals surface area contributed by atoms with Gasteiger partial charge in [-0.2, -0.15) is 0 Å². The fraction of sp³-hybridized carbons (Fsp3) is 0.760. The van der Waals surface area contributed by atoms with E-state index in [1.54, 1.807) is 6.20 Å². The van der Waals surface area contributed by atoms with Crippen LogP contribution in [0.5, 0.6) is 0 Å². The van der Waals surface area contributed by atoms with Gasteiger partial charge in [0.1, 0.15) is 11.6 Å². The van der Waals surface area contributed by atoms with Crippen molar-refractivity contribution < 1.29 is 31.0 Å². The number of hydrogen-bond donors (Lipinski definition) is 2. The van der Waals surface area contributed by atoms with Crippen LogP contribution < -0.4 is 5.73 Å². The smallest absolute Gasteiger partial charge is 0.138 e. The molecule has 0 amide bonds. The van der Waals surface area contributed by atoms with Crippen molar-refractivity contribution in [3.63, 3.8) is 0 Å². The normalized spacial score (nSPS) is 20.7. The third kappa shape index (κ3) is 10.4. The summed E-state index contributed by atoms with van der Waals surface area (Å²) in [6, 6.07) is 3.90. The molecule has 7 heteroatoms. The molecule has 0 atom stereocenters. The molecule has 182 valence electrons. The van der Waals surface area contributed by atoms with E-state index in [1.807, 2.05) is 26.0 Å². The van der Waals surface area contributed by atoms with Crippen LogP contribution in [0.15, 0.2) is 18.3 Å². The van der Waals surface area contributed by atoms with Gasteiger partial charge in [-0.05, 0) is 43.4 Å². The van der Waals surface area contributed by atoms with Gasteiger partial charge in [0.25, 0.3) is 0 Å². The summed E-state index contributed by atoms with van der Waals surface area (Å²) in [4.78, 5) is 18.4. The zero-order valence-electron chi connectivity index (χ0n) is 20.0. The number of anilines is 1. The maximum Gasteiger partial charge on any atom is 0.138 e. The van der Waals surface area contributed by atoms with Crippen molar-refractivity contribution in [2.24, 2.45) is 11.8 Å². The molecule has 2 aliphatic heterocycles. The third-order valence-electron chi connectivity index (χ3n) is 6.49. The van der Waals surface area contributed by atoms with Crippen molar-refractivity contribution in [3.05, 3.63) is 29.2 Å². The molecule has 0 unspecified atom stereocenters. The molecule has 1 aromatic rings. The van der Waals surface area contributed by atoms with E-state index in [0.29, 0.717) is 23.4 Å². The van der Waals surface area contributed by atoms with Crippen LogP contribution in [0.25, 0.3) is 5.32 Å². The second kappa shape index (κ2) is 16.7. The van der Waals surface area contributed by atoms with E-state index in [0.717, 1.165) is 71.2 Å². The first-order valence-corrected chi connectivity index (χ1v) is 12.4. The summed E-state index contributed by atoms with van der Waals surface area (Å²) in [7, 11) is 0. The molecule has 3 heterocycles. The van der Waals surface area contributed by atoms with Gasteiger partial charge < -0.3 is 16.2 Å². The van der Waals surface area contributed by atoms with Crippen LogP contribution >= 0.6 is 0 Å². The molecule has 0 bridgehead atoms. The van der Waals surface area contributed by atoms with Crippen LogP contribution in [-0.2, 0) is 32.4 Å². The van der Waals surface area contributed by atoms with Crippen LogP contribution in [-0.4, -0.2) is 53.1 Å². The Hall–Kier alpha value is -0.812. The number of Topliss-reactive ketones (excluding diaryl/α,β-unsaturated/α-hetero) is 1. The van der Waals surface area contributed by atoms with E-state index in [9.17, 15) is 9.90 Å².